The predicted molar refractivity (Wildman–Crippen MR) is 72.8 cm³/mol. The molecule has 0 amide bonds. The summed E-state index contributed by atoms with van der Waals surface area (Å²) in [5.41, 5.74) is 1.21. The summed E-state index contributed by atoms with van der Waals surface area (Å²) in [5.74, 6) is 0.653. The molecule has 0 bridgehead atoms. The van der Waals surface area contributed by atoms with Gasteiger partial charge in [0.1, 0.15) is 5.82 Å². The van der Waals surface area contributed by atoms with Crippen LogP contribution in [0.3, 0.4) is 0 Å². The molecule has 1 heterocycles. The van der Waals surface area contributed by atoms with E-state index >= 15 is 0 Å². The van der Waals surface area contributed by atoms with E-state index in [-0.39, 0.29) is 5.82 Å². The van der Waals surface area contributed by atoms with Crippen LogP contribution in [0.1, 0.15) is 25.3 Å². The molecule has 0 aliphatic carbocycles. The number of hydrogen-bond donors (Lipinski definition) is 0. The molecule has 1 atom stereocenters. The number of halogens is 2. The molecule has 2 rings (SSSR count). The van der Waals surface area contributed by atoms with E-state index in [1.807, 2.05) is 12.1 Å². The highest BCUT2D eigenvalue weighted by Gasteiger charge is 2.22. The summed E-state index contributed by atoms with van der Waals surface area (Å²) in [6.07, 6.45) is 2.52. The molecule has 0 aromatic heterocycles. The molecular formula is C14H19BrFN. The zero-order valence-corrected chi connectivity index (χ0v) is 11.8. The Kier molecular flexibility index (Phi) is 4.57. The SMILES string of the molecule is CC(Br)C1CCN(Cc2ccc(F)cc2)CC1. The van der Waals surface area contributed by atoms with Gasteiger partial charge in [0.2, 0.25) is 0 Å². The first-order valence-corrected chi connectivity index (χ1v) is 7.17. The Morgan fingerprint density at radius 3 is 2.41 bits per heavy atom. The zero-order valence-electron chi connectivity index (χ0n) is 10.2. The topological polar surface area (TPSA) is 3.24 Å². The van der Waals surface area contributed by atoms with E-state index < -0.39 is 0 Å². The van der Waals surface area contributed by atoms with E-state index in [1.165, 1.54) is 18.4 Å². The molecule has 1 unspecified atom stereocenters. The summed E-state index contributed by atoms with van der Waals surface area (Å²) in [6, 6.07) is 6.86. The minimum atomic E-state index is -0.152. The van der Waals surface area contributed by atoms with Crippen molar-refractivity contribution >= 4 is 15.9 Å². The van der Waals surface area contributed by atoms with E-state index in [9.17, 15) is 4.39 Å². The molecule has 1 aromatic rings. The highest BCUT2D eigenvalue weighted by atomic mass is 79.9. The van der Waals surface area contributed by atoms with Gasteiger partial charge in [0.25, 0.3) is 0 Å². The summed E-state index contributed by atoms with van der Waals surface area (Å²) in [7, 11) is 0. The highest BCUT2D eigenvalue weighted by Crippen LogP contribution is 2.25. The zero-order chi connectivity index (χ0) is 12.3. The van der Waals surface area contributed by atoms with Crippen LogP contribution in [-0.4, -0.2) is 22.8 Å². The minimum absolute atomic E-state index is 0.152. The Hall–Kier alpha value is -0.410. The van der Waals surface area contributed by atoms with Crippen LogP contribution in [0.4, 0.5) is 4.39 Å². The monoisotopic (exact) mass is 299 g/mol. The average molecular weight is 300 g/mol. The Morgan fingerprint density at radius 1 is 1.29 bits per heavy atom. The van der Waals surface area contributed by atoms with E-state index in [1.54, 1.807) is 12.1 Å². The number of alkyl halides is 1. The lowest BCUT2D eigenvalue weighted by molar-refractivity contribution is 0.178. The predicted octanol–water partition coefficient (Wildman–Crippen LogP) is 3.82. The Balaban J connectivity index is 1.84. The van der Waals surface area contributed by atoms with Crippen LogP contribution in [0.2, 0.25) is 0 Å². The van der Waals surface area contributed by atoms with Gasteiger partial charge in [-0.05, 0) is 49.5 Å². The average Bonchev–Trinajstić information content (AvgIpc) is 2.33. The van der Waals surface area contributed by atoms with Crippen molar-refractivity contribution in [1.29, 1.82) is 0 Å². The minimum Gasteiger partial charge on any atom is -0.299 e. The summed E-state index contributed by atoms with van der Waals surface area (Å²) >= 11 is 3.67. The van der Waals surface area contributed by atoms with Gasteiger partial charge in [0, 0.05) is 11.4 Å². The third-order valence-corrected chi connectivity index (χ3v) is 4.35. The van der Waals surface area contributed by atoms with Crippen LogP contribution in [0, 0.1) is 11.7 Å². The largest absolute Gasteiger partial charge is 0.299 e. The van der Waals surface area contributed by atoms with Crippen LogP contribution in [-0.2, 0) is 6.54 Å². The molecule has 1 aromatic carbocycles. The van der Waals surface area contributed by atoms with Crippen LogP contribution in [0.25, 0.3) is 0 Å². The quantitative estimate of drug-likeness (QED) is 0.767. The molecule has 17 heavy (non-hydrogen) atoms. The molecule has 1 saturated heterocycles. The maximum atomic E-state index is 12.8. The normalized spacial score (nSPS) is 20.4. The smallest absolute Gasteiger partial charge is 0.123 e. The van der Waals surface area contributed by atoms with Crippen molar-refractivity contribution in [2.45, 2.75) is 31.1 Å². The third-order valence-electron chi connectivity index (χ3n) is 3.60. The Morgan fingerprint density at radius 2 is 1.88 bits per heavy atom. The molecule has 1 fully saturated rings. The molecular weight excluding hydrogens is 281 g/mol. The molecule has 0 saturated carbocycles. The first kappa shape index (κ1) is 13.0. The second kappa shape index (κ2) is 5.96. The number of rotatable bonds is 3. The Bertz CT molecular complexity index is 342. The lowest BCUT2D eigenvalue weighted by atomic mass is 9.94. The molecule has 0 N–H and O–H groups in total. The standard InChI is InChI=1S/C14H19BrFN/c1-11(15)13-6-8-17(9-7-13)10-12-2-4-14(16)5-3-12/h2-5,11,13H,6-10H2,1H3. The number of nitrogens with zero attached hydrogens (tertiary/aromatic N) is 1. The van der Waals surface area contributed by atoms with Gasteiger partial charge in [-0.1, -0.05) is 35.0 Å². The van der Waals surface area contributed by atoms with Gasteiger partial charge in [-0.3, -0.25) is 4.90 Å². The fourth-order valence-corrected chi connectivity index (χ4v) is 2.95. The van der Waals surface area contributed by atoms with Crippen molar-refractivity contribution in [2.24, 2.45) is 5.92 Å². The Labute approximate surface area is 111 Å². The summed E-state index contributed by atoms with van der Waals surface area (Å²) in [4.78, 5) is 3.08. The van der Waals surface area contributed by atoms with Gasteiger partial charge in [-0.25, -0.2) is 4.39 Å². The second-order valence-corrected chi connectivity index (χ2v) is 6.36. The van der Waals surface area contributed by atoms with Crippen LogP contribution >= 0.6 is 15.9 Å². The summed E-state index contributed by atoms with van der Waals surface area (Å²) < 4.78 is 12.8. The van der Waals surface area contributed by atoms with Gasteiger partial charge < -0.3 is 0 Å². The lowest BCUT2D eigenvalue weighted by Crippen LogP contribution is -2.35. The maximum absolute atomic E-state index is 12.8. The molecule has 1 nitrogen and oxygen atoms in total. The molecule has 1 aliphatic heterocycles. The van der Waals surface area contributed by atoms with Crippen molar-refractivity contribution in [2.75, 3.05) is 13.1 Å². The third kappa shape index (κ3) is 3.78. The maximum Gasteiger partial charge on any atom is 0.123 e. The lowest BCUT2D eigenvalue weighted by Gasteiger charge is -2.33. The molecule has 1 aliphatic rings. The van der Waals surface area contributed by atoms with E-state index in [4.69, 9.17) is 0 Å². The van der Waals surface area contributed by atoms with Crippen molar-refractivity contribution in [3.63, 3.8) is 0 Å². The van der Waals surface area contributed by atoms with Gasteiger partial charge >= 0.3 is 0 Å². The first-order chi connectivity index (χ1) is 8.15. The highest BCUT2D eigenvalue weighted by molar-refractivity contribution is 9.09. The van der Waals surface area contributed by atoms with E-state index in [2.05, 4.69) is 27.8 Å². The van der Waals surface area contributed by atoms with E-state index in [0.717, 1.165) is 25.6 Å². The fourth-order valence-electron chi connectivity index (χ4n) is 2.42. The number of piperidine rings is 1. The van der Waals surface area contributed by atoms with Crippen molar-refractivity contribution in [1.82, 2.24) is 4.90 Å². The van der Waals surface area contributed by atoms with Crippen LogP contribution in [0.5, 0.6) is 0 Å². The number of hydrogen-bond acceptors (Lipinski definition) is 1. The van der Waals surface area contributed by atoms with Crippen LogP contribution < -0.4 is 0 Å². The molecule has 94 valence electrons. The van der Waals surface area contributed by atoms with Crippen molar-refractivity contribution < 1.29 is 4.39 Å². The van der Waals surface area contributed by atoms with Crippen LogP contribution in [0.15, 0.2) is 24.3 Å². The second-order valence-electron chi connectivity index (χ2n) is 4.92. The van der Waals surface area contributed by atoms with Crippen molar-refractivity contribution in [3.05, 3.63) is 35.6 Å². The summed E-state index contributed by atoms with van der Waals surface area (Å²) in [5, 5.41) is 0. The van der Waals surface area contributed by atoms with Gasteiger partial charge in [-0.2, -0.15) is 0 Å². The summed E-state index contributed by atoms with van der Waals surface area (Å²) in [6.45, 7) is 5.49. The molecule has 0 spiro atoms. The molecule has 3 heteroatoms. The van der Waals surface area contributed by atoms with E-state index in [0.29, 0.717) is 4.83 Å². The van der Waals surface area contributed by atoms with Gasteiger partial charge in [0.05, 0.1) is 0 Å². The van der Waals surface area contributed by atoms with Crippen molar-refractivity contribution in [3.8, 4) is 0 Å². The van der Waals surface area contributed by atoms with Gasteiger partial charge in [-0.15, -0.1) is 0 Å². The number of benzene rings is 1. The molecule has 0 radical (unpaired) electrons. The fraction of sp³-hybridized carbons (Fsp3) is 0.571. The van der Waals surface area contributed by atoms with Gasteiger partial charge in [0.15, 0.2) is 0 Å². The first-order valence-electron chi connectivity index (χ1n) is 6.26. The number of likely N-dealkylation sites (tertiary alicyclic amines) is 1.